The van der Waals surface area contributed by atoms with Crippen molar-refractivity contribution in [1.82, 2.24) is 0 Å². The van der Waals surface area contributed by atoms with Gasteiger partial charge in [0.15, 0.2) is 0 Å². The zero-order chi connectivity index (χ0) is 6.32. The molecule has 0 aromatic heterocycles. The summed E-state index contributed by atoms with van der Waals surface area (Å²) in [6, 6.07) is 0. The third-order valence-corrected chi connectivity index (χ3v) is 3.01. The van der Waals surface area contributed by atoms with Crippen molar-refractivity contribution in [2.45, 2.75) is 32.1 Å². The molecule has 0 radical (unpaired) electrons. The Hall–Kier alpha value is -0.440. The van der Waals surface area contributed by atoms with Gasteiger partial charge in [0.05, 0.1) is 0 Å². The van der Waals surface area contributed by atoms with Gasteiger partial charge in [0.2, 0.25) is 0 Å². The Morgan fingerprint density at radius 2 is 2.00 bits per heavy atom. The first kappa shape index (κ1) is 5.35. The van der Waals surface area contributed by atoms with Crippen LogP contribution in [-0.2, 0) is 0 Å². The van der Waals surface area contributed by atoms with Crippen LogP contribution in [0.25, 0.3) is 0 Å². The highest BCUT2D eigenvalue weighted by Gasteiger charge is 2.47. The smallest absolute Gasteiger partial charge is 0.0210 e. The molecular formula is C9H12. The normalized spacial score (nSPS) is 30.6. The number of rotatable bonds is 0. The summed E-state index contributed by atoms with van der Waals surface area (Å²) in [5.74, 6) is 3.47. The Balaban J connectivity index is 1.91. The van der Waals surface area contributed by atoms with E-state index in [4.69, 9.17) is 6.42 Å². The summed E-state index contributed by atoms with van der Waals surface area (Å²) < 4.78 is 0. The topological polar surface area (TPSA) is 0 Å². The van der Waals surface area contributed by atoms with Crippen LogP contribution < -0.4 is 0 Å². The highest BCUT2D eigenvalue weighted by atomic mass is 14.5. The van der Waals surface area contributed by atoms with Gasteiger partial charge in [-0.15, -0.1) is 12.3 Å². The summed E-state index contributed by atoms with van der Waals surface area (Å²) in [6.07, 6.45) is 12.3. The predicted octanol–water partition coefficient (Wildman–Crippen LogP) is 2.20. The van der Waals surface area contributed by atoms with Crippen LogP contribution >= 0.6 is 0 Å². The number of terminal acetylenes is 1. The van der Waals surface area contributed by atoms with Crippen LogP contribution in [0.1, 0.15) is 32.1 Å². The van der Waals surface area contributed by atoms with Crippen LogP contribution in [0.15, 0.2) is 0 Å². The minimum Gasteiger partial charge on any atom is -0.120 e. The Bertz CT molecular complexity index is 149. The van der Waals surface area contributed by atoms with Gasteiger partial charge in [-0.1, -0.05) is 6.42 Å². The lowest BCUT2D eigenvalue weighted by molar-refractivity contribution is -0.000216. The van der Waals surface area contributed by atoms with Crippen LogP contribution in [0.4, 0.5) is 0 Å². The summed E-state index contributed by atoms with van der Waals surface area (Å²) in [5.41, 5.74) is 0.775. The zero-order valence-electron chi connectivity index (χ0n) is 5.69. The molecule has 48 valence electrons. The molecule has 2 rings (SSSR count). The molecule has 2 aliphatic carbocycles. The molecular weight excluding hydrogens is 108 g/mol. The highest BCUT2D eigenvalue weighted by Crippen LogP contribution is 2.58. The largest absolute Gasteiger partial charge is 0.120 e. The van der Waals surface area contributed by atoms with Gasteiger partial charge in [-0.2, -0.15) is 0 Å². The molecule has 0 atom stereocenters. The van der Waals surface area contributed by atoms with Gasteiger partial charge in [-0.05, 0) is 31.1 Å². The molecule has 0 aliphatic heterocycles. The maximum absolute atomic E-state index is 5.28. The SMILES string of the molecule is C#CC1CC2(CCC2)C1. The fourth-order valence-electron chi connectivity index (χ4n) is 2.19. The lowest BCUT2D eigenvalue weighted by Crippen LogP contribution is -2.41. The van der Waals surface area contributed by atoms with E-state index in [-0.39, 0.29) is 0 Å². The van der Waals surface area contributed by atoms with Gasteiger partial charge < -0.3 is 0 Å². The van der Waals surface area contributed by atoms with Crippen molar-refractivity contribution in [3.63, 3.8) is 0 Å². The molecule has 0 bridgehead atoms. The van der Waals surface area contributed by atoms with Gasteiger partial charge in [0.25, 0.3) is 0 Å². The lowest BCUT2D eigenvalue weighted by Gasteiger charge is -2.52. The molecule has 2 aliphatic rings. The zero-order valence-corrected chi connectivity index (χ0v) is 5.69. The molecule has 9 heavy (non-hydrogen) atoms. The first-order valence-corrected chi connectivity index (χ1v) is 3.81. The van der Waals surface area contributed by atoms with E-state index in [0.717, 1.165) is 5.41 Å². The van der Waals surface area contributed by atoms with Crippen LogP contribution in [0.3, 0.4) is 0 Å². The maximum Gasteiger partial charge on any atom is 0.0210 e. The van der Waals surface area contributed by atoms with Crippen molar-refractivity contribution in [1.29, 1.82) is 0 Å². The van der Waals surface area contributed by atoms with Crippen LogP contribution in [-0.4, -0.2) is 0 Å². The summed E-state index contributed by atoms with van der Waals surface area (Å²) >= 11 is 0. The van der Waals surface area contributed by atoms with Crippen molar-refractivity contribution in [3.8, 4) is 12.3 Å². The lowest BCUT2D eigenvalue weighted by atomic mass is 9.52. The second-order valence-electron chi connectivity index (χ2n) is 3.63. The molecule has 1 spiro atoms. The van der Waals surface area contributed by atoms with Gasteiger partial charge in [-0.3, -0.25) is 0 Å². The fraction of sp³-hybridized carbons (Fsp3) is 0.778. The van der Waals surface area contributed by atoms with Gasteiger partial charge in [0, 0.05) is 5.92 Å². The molecule has 0 N–H and O–H groups in total. The third kappa shape index (κ3) is 0.611. The Labute approximate surface area is 56.6 Å². The first-order valence-electron chi connectivity index (χ1n) is 3.81. The molecule has 0 aromatic carbocycles. The standard InChI is InChI=1S/C9H12/c1-2-8-6-9(7-8)4-3-5-9/h1,8H,3-7H2. The van der Waals surface area contributed by atoms with Crippen LogP contribution in [0.5, 0.6) is 0 Å². The Kier molecular flexibility index (Phi) is 0.913. The molecule has 0 aromatic rings. The van der Waals surface area contributed by atoms with E-state index in [0.29, 0.717) is 5.92 Å². The number of hydrogen-bond acceptors (Lipinski definition) is 0. The van der Waals surface area contributed by atoms with Gasteiger partial charge >= 0.3 is 0 Å². The number of hydrogen-bond donors (Lipinski definition) is 0. The second-order valence-corrected chi connectivity index (χ2v) is 3.63. The first-order chi connectivity index (χ1) is 4.35. The summed E-state index contributed by atoms with van der Waals surface area (Å²) in [7, 11) is 0. The van der Waals surface area contributed by atoms with E-state index in [9.17, 15) is 0 Å². The van der Waals surface area contributed by atoms with Crippen LogP contribution in [0, 0.1) is 23.7 Å². The van der Waals surface area contributed by atoms with E-state index in [1.54, 1.807) is 0 Å². The molecule has 0 heteroatoms. The molecule has 0 saturated heterocycles. The molecule has 0 heterocycles. The van der Waals surface area contributed by atoms with Crippen molar-refractivity contribution in [3.05, 3.63) is 0 Å². The summed E-state index contributed by atoms with van der Waals surface area (Å²) in [4.78, 5) is 0. The molecule has 0 unspecified atom stereocenters. The van der Waals surface area contributed by atoms with Gasteiger partial charge in [-0.25, -0.2) is 0 Å². The van der Waals surface area contributed by atoms with Crippen LogP contribution in [0.2, 0.25) is 0 Å². The molecule has 0 nitrogen and oxygen atoms in total. The minimum absolute atomic E-state index is 0.644. The maximum atomic E-state index is 5.28. The summed E-state index contributed by atoms with van der Waals surface area (Å²) in [6.45, 7) is 0. The summed E-state index contributed by atoms with van der Waals surface area (Å²) in [5, 5.41) is 0. The molecule has 0 amide bonds. The Morgan fingerprint density at radius 1 is 1.33 bits per heavy atom. The van der Waals surface area contributed by atoms with E-state index in [1.165, 1.54) is 32.1 Å². The average Bonchev–Trinajstić information content (AvgIpc) is 1.59. The highest BCUT2D eigenvalue weighted by molar-refractivity contribution is 5.09. The predicted molar refractivity (Wildman–Crippen MR) is 37.8 cm³/mol. The van der Waals surface area contributed by atoms with Crippen molar-refractivity contribution in [2.24, 2.45) is 11.3 Å². The minimum atomic E-state index is 0.644. The van der Waals surface area contributed by atoms with Crippen molar-refractivity contribution < 1.29 is 0 Å². The fourth-order valence-corrected chi connectivity index (χ4v) is 2.19. The van der Waals surface area contributed by atoms with Crippen molar-refractivity contribution >= 4 is 0 Å². The van der Waals surface area contributed by atoms with E-state index in [2.05, 4.69) is 5.92 Å². The molecule has 2 saturated carbocycles. The third-order valence-electron chi connectivity index (χ3n) is 3.01. The monoisotopic (exact) mass is 120 g/mol. The average molecular weight is 120 g/mol. The second kappa shape index (κ2) is 1.53. The van der Waals surface area contributed by atoms with Gasteiger partial charge in [0.1, 0.15) is 0 Å². The van der Waals surface area contributed by atoms with Crippen molar-refractivity contribution in [2.75, 3.05) is 0 Å². The van der Waals surface area contributed by atoms with E-state index in [1.807, 2.05) is 0 Å². The molecule has 2 fully saturated rings. The van der Waals surface area contributed by atoms with E-state index < -0.39 is 0 Å². The quantitative estimate of drug-likeness (QED) is 0.430. The van der Waals surface area contributed by atoms with E-state index >= 15 is 0 Å². The Morgan fingerprint density at radius 3 is 2.33 bits per heavy atom.